The molecule has 2 unspecified atom stereocenters. The number of anilines is 1. The summed E-state index contributed by atoms with van der Waals surface area (Å²) in [6, 6.07) is 3.69. The molecule has 1 aromatic heterocycles. The Labute approximate surface area is 125 Å². The average molecular weight is 373 g/mol. The molecule has 5 heteroatoms. The Morgan fingerprint density at radius 3 is 2.84 bits per heavy atom. The standard InChI is InChI=1S/C14H17FIN3/c1-8-4-2-3-5-12(8)19-13-6-9(15)10(16)7-11(13)18-14(19)17/h6-8,12H,2-5H2,1H3,(H2,17,18). The molecule has 0 spiro atoms. The smallest absolute Gasteiger partial charge is 0.201 e. The van der Waals surface area contributed by atoms with Crippen LogP contribution < -0.4 is 5.73 Å². The van der Waals surface area contributed by atoms with Crippen LogP contribution >= 0.6 is 22.6 Å². The second-order valence-corrected chi connectivity index (χ2v) is 6.59. The molecule has 0 aliphatic heterocycles. The summed E-state index contributed by atoms with van der Waals surface area (Å²) in [5.74, 6) is 0.878. The third-order valence-corrected chi connectivity index (χ3v) is 4.98. The van der Waals surface area contributed by atoms with E-state index in [0.717, 1.165) is 17.5 Å². The number of imidazole rings is 1. The number of benzene rings is 1. The predicted molar refractivity (Wildman–Crippen MR) is 83.5 cm³/mol. The lowest BCUT2D eigenvalue weighted by Gasteiger charge is -2.31. The van der Waals surface area contributed by atoms with E-state index in [0.29, 0.717) is 21.5 Å². The zero-order valence-corrected chi connectivity index (χ0v) is 13.0. The molecule has 0 amide bonds. The van der Waals surface area contributed by atoms with Crippen LogP contribution in [0.4, 0.5) is 10.3 Å². The van der Waals surface area contributed by atoms with Gasteiger partial charge in [-0.25, -0.2) is 9.37 Å². The van der Waals surface area contributed by atoms with Crippen molar-refractivity contribution in [2.75, 3.05) is 5.73 Å². The first-order chi connectivity index (χ1) is 9.08. The molecule has 0 bridgehead atoms. The monoisotopic (exact) mass is 373 g/mol. The van der Waals surface area contributed by atoms with Crippen molar-refractivity contribution in [3.63, 3.8) is 0 Å². The number of nitrogens with two attached hydrogens (primary N) is 1. The van der Waals surface area contributed by atoms with Crippen molar-refractivity contribution in [3.8, 4) is 0 Å². The van der Waals surface area contributed by atoms with Gasteiger partial charge in [-0.05, 0) is 47.4 Å². The minimum atomic E-state index is -0.197. The number of hydrogen-bond donors (Lipinski definition) is 1. The zero-order chi connectivity index (χ0) is 13.6. The number of nitrogens with zero attached hydrogens (tertiary/aromatic N) is 2. The summed E-state index contributed by atoms with van der Waals surface area (Å²) >= 11 is 1.99. The van der Waals surface area contributed by atoms with Crippen LogP contribution in [0.2, 0.25) is 0 Å². The van der Waals surface area contributed by atoms with Crippen molar-refractivity contribution in [3.05, 3.63) is 21.5 Å². The average Bonchev–Trinajstić information content (AvgIpc) is 2.66. The van der Waals surface area contributed by atoms with Gasteiger partial charge in [0.15, 0.2) is 0 Å². The number of hydrogen-bond acceptors (Lipinski definition) is 2. The Kier molecular flexibility index (Phi) is 3.41. The summed E-state index contributed by atoms with van der Waals surface area (Å²) in [4.78, 5) is 4.39. The first-order valence-corrected chi connectivity index (χ1v) is 7.78. The molecule has 1 aliphatic rings. The molecule has 1 fully saturated rings. The van der Waals surface area contributed by atoms with Gasteiger partial charge in [-0.3, -0.25) is 0 Å². The third-order valence-electron chi connectivity index (χ3n) is 4.16. The maximum Gasteiger partial charge on any atom is 0.201 e. The Morgan fingerprint density at radius 2 is 2.11 bits per heavy atom. The maximum atomic E-state index is 13.8. The Bertz CT molecular complexity index is 623. The third kappa shape index (κ3) is 2.22. The number of halogens is 2. The highest BCUT2D eigenvalue weighted by molar-refractivity contribution is 14.1. The highest BCUT2D eigenvalue weighted by atomic mass is 127. The summed E-state index contributed by atoms with van der Waals surface area (Å²) in [5, 5.41) is 0. The molecule has 102 valence electrons. The Hall–Kier alpha value is -0.850. The molecule has 2 aromatic rings. The molecule has 0 radical (unpaired) electrons. The van der Waals surface area contributed by atoms with Gasteiger partial charge in [0.2, 0.25) is 5.95 Å². The van der Waals surface area contributed by atoms with Crippen LogP contribution in [0.3, 0.4) is 0 Å². The molecule has 1 heterocycles. The van der Waals surface area contributed by atoms with Gasteiger partial charge in [-0.1, -0.05) is 19.8 Å². The van der Waals surface area contributed by atoms with Gasteiger partial charge in [-0.2, -0.15) is 0 Å². The van der Waals surface area contributed by atoms with Gasteiger partial charge >= 0.3 is 0 Å². The van der Waals surface area contributed by atoms with Crippen molar-refractivity contribution < 1.29 is 4.39 Å². The Balaban J connectivity index is 2.16. The number of rotatable bonds is 1. The second kappa shape index (κ2) is 4.92. The quantitative estimate of drug-likeness (QED) is 0.765. The van der Waals surface area contributed by atoms with Crippen LogP contribution in [0, 0.1) is 15.3 Å². The zero-order valence-electron chi connectivity index (χ0n) is 10.9. The molecule has 1 aromatic carbocycles. The molecular formula is C14H17FIN3. The van der Waals surface area contributed by atoms with Gasteiger partial charge in [0, 0.05) is 12.1 Å². The lowest BCUT2D eigenvalue weighted by atomic mass is 9.85. The van der Waals surface area contributed by atoms with E-state index in [1.165, 1.54) is 19.3 Å². The lowest BCUT2D eigenvalue weighted by Crippen LogP contribution is -2.22. The summed E-state index contributed by atoms with van der Waals surface area (Å²) in [6.07, 6.45) is 4.79. The molecule has 0 saturated heterocycles. The topological polar surface area (TPSA) is 43.8 Å². The molecule has 1 saturated carbocycles. The van der Waals surface area contributed by atoms with Crippen molar-refractivity contribution in [2.24, 2.45) is 5.92 Å². The normalized spacial score (nSPS) is 23.9. The highest BCUT2D eigenvalue weighted by Gasteiger charge is 2.26. The van der Waals surface area contributed by atoms with Gasteiger partial charge in [0.25, 0.3) is 0 Å². The van der Waals surface area contributed by atoms with Crippen molar-refractivity contribution in [2.45, 2.75) is 38.6 Å². The van der Waals surface area contributed by atoms with Crippen LogP contribution in [-0.4, -0.2) is 9.55 Å². The number of aromatic nitrogens is 2. The fourth-order valence-corrected chi connectivity index (χ4v) is 3.59. The Morgan fingerprint density at radius 1 is 1.37 bits per heavy atom. The molecule has 3 rings (SSSR count). The van der Waals surface area contributed by atoms with Gasteiger partial charge < -0.3 is 10.3 Å². The molecule has 1 aliphatic carbocycles. The van der Waals surface area contributed by atoms with E-state index in [-0.39, 0.29) is 5.82 Å². The second-order valence-electron chi connectivity index (χ2n) is 5.42. The number of fused-ring (bicyclic) bond motifs is 1. The largest absolute Gasteiger partial charge is 0.369 e. The SMILES string of the molecule is CC1CCCCC1n1c(N)nc2cc(I)c(F)cc21. The summed E-state index contributed by atoms with van der Waals surface area (Å²) in [6.45, 7) is 2.25. The van der Waals surface area contributed by atoms with Gasteiger partial charge in [0.05, 0.1) is 14.6 Å². The van der Waals surface area contributed by atoms with Crippen molar-refractivity contribution >= 4 is 39.6 Å². The maximum absolute atomic E-state index is 13.8. The molecule has 2 atom stereocenters. The predicted octanol–water partition coefficient (Wildman–Crippen LogP) is 4.11. The highest BCUT2D eigenvalue weighted by Crippen LogP contribution is 2.37. The minimum absolute atomic E-state index is 0.197. The molecule has 3 nitrogen and oxygen atoms in total. The van der Waals surface area contributed by atoms with Crippen molar-refractivity contribution in [1.82, 2.24) is 9.55 Å². The van der Waals surface area contributed by atoms with Gasteiger partial charge in [-0.15, -0.1) is 0 Å². The first kappa shape index (κ1) is 13.1. The van der Waals surface area contributed by atoms with Crippen LogP contribution in [0.5, 0.6) is 0 Å². The lowest BCUT2D eigenvalue weighted by molar-refractivity contribution is 0.264. The summed E-state index contributed by atoms with van der Waals surface area (Å²) in [7, 11) is 0. The number of nitrogen functional groups attached to an aromatic ring is 1. The van der Waals surface area contributed by atoms with E-state index < -0.39 is 0 Å². The van der Waals surface area contributed by atoms with Crippen LogP contribution in [0.1, 0.15) is 38.6 Å². The van der Waals surface area contributed by atoms with Crippen LogP contribution in [0.25, 0.3) is 11.0 Å². The van der Waals surface area contributed by atoms with E-state index in [2.05, 4.69) is 11.9 Å². The van der Waals surface area contributed by atoms with E-state index in [1.807, 2.05) is 27.2 Å². The van der Waals surface area contributed by atoms with E-state index in [1.54, 1.807) is 12.1 Å². The van der Waals surface area contributed by atoms with E-state index >= 15 is 0 Å². The van der Waals surface area contributed by atoms with Gasteiger partial charge in [0.1, 0.15) is 5.82 Å². The first-order valence-electron chi connectivity index (χ1n) is 6.70. The molecule has 19 heavy (non-hydrogen) atoms. The summed E-state index contributed by atoms with van der Waals surface area (Å²) in [5.41, 5.74) is 7.69. The fraction of sp³-hybridized carbons (Fsp3) is 0.500. The molecular weight excluding hydrogens is 356 g/mol. The molecule has 2 N–H and O–H groups in total. The van der Waals surface area contributed by atoms with E-state index in [9.17, 15) is 4.39 Å². The minimum Gasteiger partial charge on any atom is -0.369 e. The van der Waals surface area contributed by atoms with Crippen LogP contribution in [0.15, 0.2) is 12.1 Å². The fourth-order valence-electron chi connectivity index (χ4n) is 3.14. The van der Waals surface area contributed by atoms with Crippen LogP contribution in [-0.2, 0) is 0 Å². The van der Waals surface area contributed by atoms with Crippen molar-refractivity contribution in [1.29, 1.82) is 0 Å². The van der Waals surface area contributed by atoms with E-state index in [4.69, 9.17) is 5.73 Å². The summed E-state index contributed by atoms with van der Waals surface area (Å²) < 4.78 is 16.4.